The SMILES string of the molecule is O=C(O)c1cc(S(=O)(=O)NCCc2ncon2)c(Br)o1. The maximum Gasteiger partial charge on any atom is 0.371 e. The van der Waals surface area contributed by atoms with Crippen molar-refractivity contribution in [2.45, 2.75) is 11.3 Å². The largest absolute Gasteiger partial charge is 0.475 e. The number of sulfonamides is 1. The Morgan fingerprint density at radius 2 is 2.25 bits per heavy atom. The minimum absolute atomic E-state index is 0.0297. The standard InChI is InChI=1S/C9H8BrN3O6S/c10-8-6(3-5(19-8)9(14)15)20(16,17)12-2-1-7-11-4-18-13-7/h3-4,12H,1-2H2,(H,14,15). The third-order valence-corrected chi connectivity index (χ3v) is 4.52. The zero-order chi connectivity index (χ0) is 14.8. The zero-order valence-electron chi connectivity index (χ0n) is 9.74. The van der Waals surface area contributed by atoms with Gasteiger partial charge in [0, 0.05) is 19.0 Å². The van der Waals surface area contributed by atoms with Crippen molar-refractivity contribution in [3.05, 3.63) is 28.7 Å². The molecule has 0 atom stereocenters. The highest BCUT2D eigenvalue weighted by Gasteiger charge is 2.24. The van der Waals surface area contributed by atoms with Gasteiger partial charge in [0.15, 0.2) is 10.5 Å². The first-order chi connectivity index (χ1) is 9.40. The molecule has 9 nitrogen and oxygen atoms in total. The van der Waals surface area contributed by atoms with Crippen molar-refractivity contribution in [1.82, 2.24) is 14.9 Å². The number of nitrogens with one attached hydrogen (secondary N) is 1. The second kappa shape index (κ2) is 5.73. The number of carboxylic acids is 1. The van der Waals surface area contributed by atoms with E-state index in [1.54, 1.807) is 0 Å². The van der Waals surface area contributed by atoms with Crippen molar-refractivity contribution in [1.29, 1.82) is 0 Å². The van der Waals surface area contributed by atoms with Gasteiger partial charge in [-0.05, 0) is 15.9 Å². The molecular weight excluding hydrogens is 358 g/mol. The van der Waals surface area contributed by atoms with Gasteiger partial charge in [-0.3, -0.25) is 0 Å². The Bertz CT molecular complexity index is 708. The van der Waals surface area contributed by atoms with Crippen molar-refractivity contribution >= 4 is 31.9 Å². The van der Waals surface area contributed by atoms with E-state index in [1.165, 1.54) is 0 Å². The summed E-state index contributed by atoms with van der Waals surface area (Å²) in [6.07, 6.45) is 1.37. The van der Waals surface area contributed by atoms with Crippen LogP contribution in [0.15, 0.2) is 31.0 Å². The predicted molar refractivity (Wildman–Crippen MR) is 66.6 cm³/mol. The lowest BCUT2D eigenvalue weighted by molar-refractivity contribution is 0.0661. The number of aromatic nitrogens is 2. The van der Waals surface area contributed by atoms with Gasteiger partial charge in [-0.2, -0.15) is 4.98 Å². The molecule has 0 amide bonds. The maximum atomic E-state index is 12.0. The van der Waals surface area contributed by atoms with E-state index in [0.717, 1.165) is 12.5 Å². The molecule has 108 valence electrons. The molecule has 0 aliphatic rings. The molecule has 2 N–H and O–H groups in total. The minimum atomic E-state index is -3.90. The minimum Gasteiger partial charge on any atom is -0.475 e. The molecule has 0 saturated heterocycles. The zero-order valence-corrected chi connectivity index (χ0v) is 12.1. The Morgan fingerprint density at radius 3 is 2.80 bits per heavy atom. The fourth-order valence-corrected chi connectivity index (χ4v) is 3.29. The van der Waals surface area contributed by atoms with Crippen LogP contribution in [-0.4, -0.2) is 36.2 Å². The number of hydrogen-bond donors (Lipinski definition) is 2. The topological polar surface area (TPSA) is 136 Å². The highest BCUT2D eigenvalue weighted by Crippen LogP contribution is 2.25. The number of carbonyl (C=O) groups is 1. The molecule has 0 aliphatic heterocycles. The van der Waals surface area contributed by atoms with Crippen LogP contribution < -0.4 is 4.72 Å². The van der Waals surface area contributed by atoms with Crippen molar-refractivity contribution in [2.75, 3.05) is 6.54 Å². The van der Waals surface area contributed by atoms with Crippen LogP contribution in [0.4, 0.5) is 0 Å². The number of aromatic carboxylic acids is 1. The normalized spacial score (nSPS) is 11.7. The number of nitrogens with zero attached hydrogens (tertiary/aromatic N) is 2. The van der Waals surface area contributed by atoms with Crippen molar-refractivity contribution in [2.24, 2.45) is 0 Å². The molecule has 0 aromatic carbocycles. The summed E-state index contributed by atoms with van der Waals surface area (Å²) >= 11 is 2.86. The second-order valence-corrected chi connectivity index (χ2v) is 6.00. The van der Waals surface area contributed by atoms with Gasteiger partial charge in [0.1, 0.15) is 4.90 Å². The summed E-state index contributed by atoms with van der Waals surface area (Å²) < 4.78 is 35.3. The molecule has 2 rings (SSSR count). The van der Waals surface area contributed by atoms with Gasteiger partial charge in [-0.25, -0.2) is 17.9 Å². The predicted octanol–water partition coefficient (Wildman–Crippen LogP) is 0.644. The smallest absolute Gasteiger partial charge is 0.371 e. The second-order valence-electron chi connectivity index (χ2n) is 3.55. The molecule has 20 heavy (non-hydrogen) atoms. The fourth-order valence-electron chi connectivity index (χ4n) is 1.32. The molecule has 0 spiro atoms. The lowest BCUT2D eigenvalue weighted by Gasteiger charge is -2.02. The lowest BCUT2D eigenvalue weighted by Crippen LogP contribution is -2.26. The van der Waals surface area contributed by atoms with E-state index in [1.807, 2.05) is 0 Å². The fraction of sp³-hybridized carbons (Fsp3) is 0.222. The summed E-state index contributed by atoms with van der Waals surface area (Å²) in [6.45, 7) is 0.0297. The number of carboxylic acid groups (broad SMARTS) is 1. The quantitative estimate of drug-likeness (QED) is 0.760. The third-order valence-electron chi connectivity index (χ3n) is 2.20. The molecule has 0 radical (unpaired) electrons. The molecule has 2 aromatic rings. The van der Waals surface area contributed by atoms with Crippen molar-refractivity contribution < 1.29 is 27.3 Å². The third kappa shape index (κ3) is 3.23. The number of halogens is 1. The molecule has 2 aromatic heterocycles. The summed E-state index contributed by atoms with van der Waals surface area (Å²) in [7, 11) is -3.90. The van der Waals surface area contributed by atoms with Gasteiger partial charge in [0.2, 0.25) is 22.2 Å². The number of furan rings is 1. The van der Waals surface area contributed by atoms with Crippen molar-refractivity contribution in [3.8, 4) is 0 Å². The Hall–Kier alpha value is -1.72. The van der Waals surface area contributed by atoms with E-state index < -0.39 is 21.8 Å². The first-order valence-electron chi connectivity index (χ1n) is 5.17. The summed E-state index contributed by atoms with van der Waals surface area (Å²) in [5.74, 6) is -1.49. The molecular formula is C9H8BrN3O6S. The number of rotatable bonds is 6. The molecule has 0 saturated carbocycles. The Kier molecular flexibility index (Phi) is 4.20. The van der Waals surface area contributed by atoms with Crippen LogP contribution in [0.1, 0.15) is 16.4 Å². The van der Waals surface area contributed by atoms with E-state index in [2.05, 4.69) is 35.3 Å². The van der Waals surface area contributed by atoms with Crippen LogP contribution >= 0.6 is 15.9 Å². The summed E-state index contributed by atoms with van der Waals surface area (Å²) in [4.78, 5) is 14.2. The van der Waals surface area contributed by atoms with Crippen LogP contribution in [0, 0.1) is 0 Å². The van der Waals surface area contributed by atoms with E-state index in [-0.39, 0.29) is 22.5 Å². The number of hydrogen-bond acceptors (Lipinski definition) is 7. The Balaban J connectivity index is 2.08. The average Bonchev–Trinajstić information content (AvgIpc) is 2.98. The molecule has 0 bridgehead atoms. The molecule has 2 heterocycles. The molecule has 11 heteroatoms. The van der Waals surface area contributed by atoms with Gasteiger partial charge in [-0.1, -0.05) is 5.16 Å². The van der Waals surface area contributed by atoms with E-state index >= 15 is 0 Å². The highest BCUT2D eigenvalue weighted by atomic mass is 79.9. The van der Waals surface area contributed by atoms with Gasteiger partial charge < -0.3 is 14.0 Å². The van der Waals surface area contributed by atoms with Crippen molar-refractivity contribution in [3.63, 3.8) is 0 Å². The molecule has 0 aliphatic carbocycles. The summed E-state index contributed by atoms with van der Waals surface area (Å²) in [6, 6.07) is 0.920. The van der Waals surface area contributed by atoms with E-state index in [4.69, 9.17) is 9.52 Å². The Morgan fingerprint density at radius 1 is 1.50 bits per heavy atom. The summed E-state index contributed by atoms with van der Waals surface area (Å²) in [5.41, 5.74) is 0. The maximum absolute atomic E-state index is 12.0. The Labute approximate surface area is 121 Å². The van der Waals surface area contributed by atoms with Gasteiger partial charge >= 0.3 is 5.97 Å². The lowest BCUT2D eigenvalue weighted by atomic mass is 10.4. The van der Waals surface area contributed by atoms with Crippen LogP contribution in [0.25, 0.3) is 0 Å². The van der Waals surface area contributed by atoms with Crippen LogP contribution in [-0.2, 0) is 16.4 Å². The van der Waals surface area contributed by atoms with E-state index in [0.29, 0.717) is 5.82 Å². The monoisotopic (exact) mass is 365 g/mol. The van der Waals surface area contributed by atoms with Crippen LogP contribution in [0.2, 0.25) is 0 Å². The van der Waals surface area contributed by atoms with Gasteiger partial charge in [-0.15, -0.1) is 0 Å². The summed E-state index contributed by atoms with van der Waals surface area (Å²) in [5, 5.41) is 12.3. The van der Waals surface area contributed by atoms with Gasteiger partial charge in [0.25, 0.3) is 0 Å². The van der Waals surface area contributed by atoms with Crippen LogP contribution in [0.3, 0.4) is 0 Å². The molecule has 0 fully saturated rings. The van der Waals surface area contributed by atoms with Gasteiger partial charge in [0.05, 0.1) is 0 Å². The molecule has 0 unspecified atom stereocenters. The average molecular weight is 366 g/mol. The van der Waals surface area contributed by atoms with E-state index in [9.17, 15) is 13.2 Å². The first kappa shape index (κ1) is 14.7. The highest BCUT2D eigenvalue weighted by molar-refractivity contribution is 9.10. The van der Waals surface area contributed by atoms with Crippen LogP contribution in [0.5, 0.6) is 0 Å². The first-order valence-corrected chi connectivity index (χ1v) is 7.45.